The minimum Gasteiger partial charge on any atom is -0.366 e. The number of sulfonamides is 1. The molecule has 0 fully saturated rings. The van der Waals surface area contributed by atoms with Crippen LogP contribution in [-0.2, 0) is 14.8 Å². The zero-order chi connectivity index (χ0) is 14.6. The number of aromatic nitrogens is 1. The summed E-state index contributed by atoms with van der Waals surface area (Å²) in [5.41, 5.74) is -0.636. The first kappa shape index (κ1) is 15.4. The van der Waals surface area contributed by atoms with Gasteiger partial charge in [0.25, 0.3) is 0 Å². The predicted octanol–water partition coefficient (Wildman–Crippen LogP) is -0.434. The molecule has 19 heavy (non-hydrogen) atoms. The Morgan fingerprint density at radius 3 is 2.47 bits per heavy atom. The van der Waals surface area contributed by atoms with Crippen molar-refractivity contribution in [3.05, 3.63) is 28.7 Å². The van der Waals surface area contributed by atoms with Gasteiger partial charge in [-0.15, -0.1) is 0 Å². The van der Waals surface area contributed by atoms with E-state index in [-0.39, 0.29) is 6.04 Å². The smallest absolute Gasteiger partial charge is 0.246 e. The zero-order valence-electron chi connectivity index (χ0n) is 10.9. The molecule has 0 aliphatic carbocycles. The molecule has 1 amide bonds. The van der Waals surface area contributed by atoms with Crippen molar-refractivity contribution in [3.63, 3.8) is 0 Å². The van der Waals surface area contributed by atoms with E-state index in [1.54, 1.807) is 13.8 Å². The van der Waals surface area contributed by atoms with E-state index < -0.39 is 32.3 Å². The number of amides is 1. The van der Waals surface area contributed by atoms with Crippen molar-refractivity contribution in [2.75, 3.05) is 0 Å². The highest BCUT2D eigenvalue weighted by Crippen LogP contribution is 2.01. The fraction of sp³-hybridized carbons (Fsp3) is 0.455. The largest absolute Gasteiger partial charge is 0.366 e. The van der Waals surface area contributed by atoms with E-state index in [9.17, 15) is 18.0 Å². The predicted molar refractivity (Wildman–Crippen MR) is 70.1 cm³/mol. The van der Waals surface area contributed by atoms with Gasteiger partial charge in [-0.05, 0) is 20.8 Å². The summed E-state index contributed by atoms with van der Waals surface area (Å²) < 4.78 is 26.0. The molecule has 7 nitrogen and oxygen atoms in total. The van der Waals surface area contributed by atoms with Crippen LogP contribution in [0.2, 0.25) is 0 Å². The molecule has 106 valence electrons. The number of hydrogen-bond donors (Lipinski definition) is 3. The van der Waals surface area contributed by atoms with Crippen LogP contribution < -0.4 is 15.5 Å². The van der Waals surface area contributed by atoms with Crippen LogP contribution in [0, 0.1) is 0 Å². The second-order valence-corrected chi connectivity index (χ2v) is 6.06. The van der Waals surface area contributed by atoms with Gasteiger partial charge in [-0.3, -0.25) is 9.59 Å². The maximum Gasteiger partial charge on any atom is 0.246 e. The third-order valence-electron chi connectivity index (χ3n) is 2.23. The molecule has 0 aliphatic rings. The van der Waals surface area contributed by atoms with E-state index in [0.717, 1.165) is 12.3 Å². The van der Waals surface area contributed by atoms with Gasteiger partial charge in [0.15, 0.2) is 0 Å². The van der Waals surface area contributed by atoms with Crippen molar-refractivity contribution in [1.29, 1.82) is 0 Å². The second kappa shape index (κ2) is 5.98. The fourth-order valence-corrected chi connectivity index (χ4v) is 2.63. The summed E-state index contributed by atoms with van der Waals surface area (Å²) in [6.45, 7) is 4.94. The minimum atomic E-state index is -4.03. The van der Waals surface area contributed by atoms with Crippen molar-refractivity contribution in [2.24, 2.45) is 0 Å². The van der Waals surface area contributed by atoms with Crippen molar-refractivity contribution in [3.8, 4) is 0 Å². The summed E-state index contributed by atoms with van der Waals surface area (Å²) in [5, 5.41) is 2.58. The number of carbonyl (C=O) groups is 1. The van der Waals surface area contributed by atoms with Gasteiger partial charge in [0.1, 0.15) is 4.90 Å². The Balaban J connectivity index is 2.90. The van der Waals surface area contributed by atoms with Crippen LogP contribution in [0.1, 0.15) is 20.8 Å². The molecule has 1 aromatic heterocycles. The van der Waals surface area contributed by atoms with E-state index in [0.29, 0.717) is 0 Å². The maximum absolute atomic E-state index is 11.9. The molecule has 0 radical (unpaired) electrons. The maximum atomic E-state index is 11.9. The SMILES string of the molecule is CC(C)NC(=O)C(C)NS(=O)(=O)c1c[nH]ccc1=O. The quantitative estimate of drug-likeness (QED) is 0.682. The molecule has 0 saturated heterocycles. The van der Waals surface area contributed by atoms with E-state index in [2.05, 4.69) is 15.0 Å². The zero-order valence-corrected chi connectivity index (χ0v) is 11.7. The Morgan fingerprint density at radius 2 is 1.95 bits per heavy atom. The van der Waals surface area contributed by atoms with E-state index in [1.807, 2.05) is 0 Å². The number of nitrogens with one attached hydrogen (secondary N) is 3. The highest BCUT2D eigenvalue weighted by atomic mass is 32.2. The molecule has 1 heterocycles. The molecule has 3 N–H and O–H groups in total. The standard InChI is InChI=1S/C11H17N3O4S/c1-7(2)13-11(16)8(3)14-19(17,18)10-6-12-5-4-9(10)15/h4-8,14H,1-3H3,(H,12,15)(H,13,16). The molecule has 0 saturated carbocycles. The fourth-order valence-electron chi connectivity index (χ4n) is 1.37. The average Bonchev–Trinajstić information content (AvgIpc) is 2.27. The second-order valence-electron chi connectivity index (χ2n) is 4.38. The van der Waals surface area contributed by atoms with Crippen molar-refractivity contribution in [1.82, 2.24) is 15.0 Å². The lowest BCUT2D eigenvalue weighted by molar-refractivity contribution is -0.122. The first-order valence-corrected chi connectivity index (χ1v) is 7.22. The minimum absolute atomic E-state index is 0.0976. The third kappa shape index (κ3) is 4.18. The average molecular weight is 287 g/mol. The lowest BCUT2D eigenvalue weighted by Crippen LogP contribution is -2.47. The molecule has 0 aliphatic heterocycles. The summed E-state index contributed by atoms with van der Waals surface area (Å²) in [6.07, 6.45) is 2.41. The number of H-pyrrole nitrogens is 1. The van der Waals surface area contributed by atoms with E-state index in [1.165, 1.54) is 13.1 Å². The Kier molecular flexibility index (Phi) is 4.84. The van der Waals surface area contributed by atoms with Gasteiger partial charge >= 0.3 is 0 Å². The first-order chi connectivity index (χ1) is 8.74. The van der Waals surface area contributed by atoms with Crippen LogP contribution in [0.15, 0.2) is 28.2 Å². The van der Waals surface area contributed by atoms with Crippen LogP contribution in [0.25, 0.3) is 0 Å². The van der Waals surface area contributed by atoms with Gasteiger partial charge in [-0.2, -0.15) is 4.72 Å². The molecular weight excluding hydrogens is 270 g/mol. The number of pyridine rings is 1. The van der Waals surface area contributed by atoms with E-state index >= 15 is 0 Å². The van der Waals surface area contributed by atoms with Crippen molar-refractivity contribution >= 4 is 15.9 Å². The van der Waals surface area contributed by atoms with Gasteiger partial charge < -0.3 is 10.3 Å². The number of hydrogen-bond acceptors (Lipinski definition) is 4. The van der Waals surface area contributed by atoms with Gasteiger partial charge in [-0.1, -0.05) is 0 Å². The Labute approximate surface area is 111 Å². The third-order valence-corrected chi connectivity index (χ3v) is 3.80. The monoisotopic (exact) mass is 287 g/mol. The Hall–Kier alpha value is -1.67. The molecule has 1 atom stereocenters. The molecule has 1 aromatic rings. The molecule has 8 heteroatoms. The summed E-state index contributed by atoms with van der Waals surface area (Å²) >= 11 is 0. The van der Waals surface area contributed by atoms with Gasteiger partial charge in [0, 0.05) is 24.5 Å². The normalized spacial score (nSPS) is 13.3. The molecule has 0 spiro atoms. The van der Waals surface area contributed by atoms with Crippen LogP contribution in [0.3, 0.4) is 0 Å². The van der Waals surface area contributed by atoms with Crippen LogP contribution in [0.4, 0.5) is 0 Å². The highest BCUT2D eigenvalue weighted by Gasteiger charge is 2.24. The highest BCUT2D eigenvalue weighted by molar-refractivity contribution is 7.89. The van der Waals surface area contributed by atoms with Crippen molar-refractivity contribution < 1.29 is 13.2 Å². The van der Waals surface area contributed by atoms with Gasteiger partial charge in [0.2, 0.25) is 21.4 Å². The summed E-state index contributed by atoms with van der Waals surface area (Å²) in [6, 6.07) is 0.0412. The van der Waals surface area contributed by atoms with Crippen LogP contribution in [-0.4, -0.2) is 31.4 Å². The lowest BCUT2D eigenvalue weighted by Gasteiger charge is -2.15. The first-order valence-electron chi connectivity index (χ1n) is 5.74. The molecule has 0 aromatic carbocycles. The number of carbonyl (C=O) groups excluding carboxylic acids is 1. The Bertz CT molecular complexity index is 606. The number of rotatable bonds is 5. The Morgan fingerprint density at radius 1 is 1.32 bits per heavy atom. The van der Waals surface area contributed by atoms with Crippen LogP contribution in [0.5, 0.6) is 0 Å². The molecule has 0 bridgehead atoms. The van der Waals surface area contributed by atoms with Gasteiger partial charge in [0.05, 0.1) is 6.04 Å². The lowest BCUT2D eigenvalue weighted by atomic mass is 10.3. The van der Waals surface area contributed by atoms with Crippen molar-refractivity contribution in [2.45, 2.75) is 37.8 Å². The molecule has 1 unspecified atom stereocenters. The summed E-state index contributed by atoms with van der Waals surface area (Å²) in [7, 11) is -4.03. The molecule has 1 rings (SSSR count). The summed E-state index contributed by atoms with van der Waals surface area (Å²) in [4.78, 5) is 25.2. The topological polar surface area (TPSA) is 108 Å². The van der Waals surface area contributed by atoms with Gasteiger partial charge in [-0.25, -0.2) is 8.42 Å². The number of aromatic amines is 1. The van der Waals surface area contributed by atoms with Crippen LogP contribution >= 0.6 is 0 Å². The molecular formula is C11H17N3O4S. The van der Waals surface area contributed by atoms with E-state index in [4.69, 9.17) is 0 Å². The summed E-state index contributed by atoms with van der Waals surface area (Å²) in [5.74, 6) is -0.453.